The number of rotatable bonds is 8. The highest BCUT2D eigenvalue weighted by Crippen LogP contribution is 2.36. The molecule has 2 aromatic rings. The Morgan fingerprint density at radius 1 is 0.920 bits per heavy atom. The molecule has 2 aromatic carbocycles. The third kappa shape index (κ3) is 4.24. The first-order valence-corrected chi connectivity index (χ1v) is 8.20. The van der Waals surface area contributed by atoms with Crippen LogP contribution in [0.25, 0.3) is 0 Å². The van der Waals surface area contributed by atoms with Crippen LogP contribution in [0.15, 0.2) is 41.4 Å². The Balaban J connectivity index is 2.32. The van der Waals surface area contributed by atoms with E-state index >= 15 is 0 Å². The maximum atomic E-state index is 5.60. The minimum Gasteiger partial charge on any atom is -0.493 e. The van der Waals surface area contributed by atoms with Crippen LogP contribution < -0.4 is 18.9 Å². The number of methoxy groups -OCH3 is 3. The van der Waals surface area contributed by atoms with Crippen LogP contribution in [0.5, 0.6) is 23.0 Å². The molecule has 1 atom stereocenters. The standard InChI is InChI=1S/C20H25NO4/c1-6-25-18-12-7-9-15(19(18)23-4)13-21-14(2)16-10-8-11-17(22-3)20(16)24-5/h7-14H,6H2,1-5H3. The van der Waals surface area contributed by atoms with Crippen molar-refractivity contribution in [2.45, 2.75) is 19.9 Å². The zero-order valence-electron chi connectivity index (χ0n) is 15.4. The average molecular weight is 343 g/mol. The van der Waals surface area contributed by atoms with Crippen molar-refractivity contribution < 1.29 is 18.9 Å². The Morgan fingerprint density at radius 2 is 1.60 bits per heavy atom. The first kappa shape index (κ1) is 18.6. The molecule has 0 heterocycles. The topological polar surface area (TPSA) is 49.3 Å². The van der Waals surface area contributed by atoms with Gasteiger partial charge in [0.05, 0.1) is 34.0 Å². The summed E-state index contributed by atoms with van der Waals surface area (Å²) in [5.74, 6) is 2.78. The molecule has 0 saturated carbocycles. The summed E-state index contributed by atoms with van der Waals surface area (Å²) in [6, 6.07) is 11.4. The van der Waals surface area contributed by atoms with Crippen molar-refractivity contribution in [2.24, 2.45) is 4.99 Å². The monoisotopic (exact) mass is 343 g/mol. The Morgan fingerprint density at radius 3 is 2.24 bits per heavy atom. The summed E-state index contributed by atoms with van der Waals surface area (Å²) in [7, 11) is 4.88. The van der Waals surface area contributed by atoms with E-state index in [9.17, 15) is 0 Å². The van der Waals surface area contributed by atoms with Gasteiger partial charge in [-0.2, -0.15) is 0 Å². The van der Waals surface area contributed by atoms with Crippen molar-refractivity contribution in [2.75, 3.05) is 27.9 Å². The molecule has 0 spiro atoms. The van der Waals surface area contributed by atoms with Crippen molar-refractivity contribution in [3.05, 3.63) is 47.5 Å². The number of ether oxygens (including phenoxy) is 4. The summed E-state index contributed by atoms with van der Waals surface area (Å²) in [4.78, 5) is 4.66. The quantitative estimate of drug-likeness (QED) is 0.671. The zero-order chi connectivity index (χ0) is 18.2. The summed E-state index contributed by atoms with van der Waals surface area (Å²) in [6.45, 7) is 4.53. The summed E-state index contributed by atoms with van der Waals surface area (Å²) in [6.07, 6.45) is 1.80. The highest BCUT2D eigenvalue weighted by molar-refractivity contribution is 5.85. The molecule has 0 fully saturated rings. The number of benzene rings is 2. The second kappa shape index (κ2) is 8.97. The van der Waals surface area contributed by atoms with Gasteiger partial charge in [-0.3, -0.25) is 4.99 Å². The van der Waals surface area contributed by atoms with Crippen molar-refractivity contribution in [3.63, 3.8) is 0 Å². The van der Waals surface area contributed by atoms with Crippen LogP contribution in [-0.4, -0.2) is 34.2 Å². The molecule has 5 heteroatoms. The second-order valence-corrected chi connectivity index (χ2v) is 5.35. The molecule has 0 bridgehead atoms. The zero-order valence-corrected chi connectivity index (χ0v) is 15.4. The van der Waals surface area contributed by atoms with Crippen molar-refractivity contribution in [1.29, 1.82) is 0 Å². The molecule has 0 radical (unpaired) electrons. The van der Waals surface area contributed by atoms with E-state index in [1.165, 1.54) is 0 Å². The predicted octanol–water partition coefficient (Wildman–Crippen LogP) is 4.29. The molecule has 0 saturated heterocycles. The van der Waals surface area contributed by atoms with E-state index < -0.39 is 0 Å². The molecular weight excluding hydrogens is 318 g/mol. The van der Waals surface area contributed by atoms with Crippen molar-refractivity contribution >= 4 is 6.21 Å². The molecule has 0 amide bonds. The van der Waals surface area contributed by atoms with E-state index in [2.05, 4.69) is 4.99 Å². The molecule has 25 heavy (non-hydrogen) atoms. The molecular formula is C20H25NO4. The van der Waals surface area contributed by atoms with Crippen LogP contribution in [0.3, 0.4) is 0 Å². The molecule has 0 N–H and O–H groups in total. The van der Waals surface area contributed by atoms with Gasteiger partial charge in [-0.15, -0.1) is 0 Å². The Bertz CT molecular complexity index is 728. The fourth-order valence-electron chi connectivity index (χ4n) is 2.64. The largest absolute Gasteiger partial charge is 0.493 e. The van der Waals surface area contributed by atoms with Crippen molar-refractivity contribution in [1.82, 2.24) is 0 Å². The van der Waals surface area contributed by atoms with Crippen LogP contribution in [0.1, 0.15) is 31.0 Å². The van der Waals surface area contributed by atoms with E-state index in [-0.39, 0.29) is 6.04 Å². The van der Waals surface area contributed by atoms with Crippen LogP contribution in [0.4, 0.5) is 0 Å². The van der Waals surface area contributed by atoms with Crippen molar-refractivity contribution in [3.8, 4) is 23.0 Å². The van der Waals surface area contributed by atoms with E-state index in [0.29, 0.717) is 29.6 Å². The number of nitrogens with zero attached hydrogens (tertiary/aromatic N) is 1. The summed E-state index contributed by atoms with van der Waals surface area (Å²) in [5, 5.41) is 0. The number of hydrogen-bond acceptors (Lipinski definition) is 5. The normalized spacial score (nSPS) is 12.0. The molecule has 134 valence electrons. The maximum absolute atomic E-state index is 5.60. The average Bonchev–Trinajstić information content (AvgIpc) is 2.65. The molecule has 2 rings (SSSR count). The van der Waals surface area contributed by atoms with E-state index in [4.69, 9.17) is 18.9 Å². The van der Waals surface area contributed by atoms with E-state index in [0.717, 1.165) is 11.1 Å². The molecule has 0 aromatic heterocycles. The molecule has 5 nitrogen and oxygen atoms in total. The van der Waals surface area contributed by atoms with Gasteiger partial charge < -0.3 is 18.9 Å². The van der Waals surface area contributed by atoms with Crippen LogP contribution in [0, 0.1) is 0 Å². The number of hydrogen-bond donors (Lipinski definition) is 0. The van der Waals surface area contributed by atoms with E-state index in [1.807, 2.05) is 50.2 Å². The minimum atomic E-state index is -0.106. The smallest absolute Gasteiger partial charge is 0.169 e. The Hall–Kier alpha value is -2.69. The minimum absolute atomic E-state index is 0.106. The lowest BCUT2D eigenvalue weighted by Gasteiger charge is -2.15. The van der Waals surface area contributed by atoms with Gasteiger partial charge in [0, 0.05) is 17.3 Å². The second-order valence-electron chi connectivity index (χ2n) is 5.35. The number of para-hydroxylation sites is 2. The molecule has 0 aliphatic carbocycles. The van der Waals surface area contributed by atoms with Crippen LogP contribution in [0.2, 0.25) is 0 Å². The fraction of sp³-hybridized carbons (Fsp3) is 0.350. The van der Waals surface area contributed by atoms with E-state index in [1.54, 1.807) is 27.5 Å². The predicted molar refractivity (Wildman–Crippen MR) is 99.7 cm³/mol. The van der Waals surface area contributed by atoms with Gasteiger partial charge in [-0.25, -0.2) is 0 Å². The Labute approximate surface area is 149 Å². The fourth-order valence-corrected chi connectivity index (χ4v) is 2.64. The molecule has 0 aliphatic heterocycles. The molecule has 1 unspecified atom stereocenters. The summed E-state index contributed by atoms with van der Waals surface area (Å²) in [5.41, 5.74) is 1.82. The first-order chi connectivity index (χ1) is 12.2. The first-order valence-electron chi connectivity index (χ1n) is 8.20. The van der Waals surface area contributed by atoms with Crippen LogP contribution in [-0.2, 0) is 0 Å². The van der Waals surface area contributed by atoms with Gasteiger partial charge in [0.15, 0.2) is 23.0 Å². The summed E-state index contributed by atoms with van der Waals surface area (Å²) >= 11 is 0. The van der Waals surface area contributed by atoms with Gasteiger partial charge in [0.2, 0.25) is 0 Å². The van der Waals surface area contributed by atoms with Crippen LogP contribution >= 0.6 is 0 Å². The SMILES string of the molecule is CCOc1cccc(C=NC(C)c2cccc(OC)c2OC)c1OC. The lowest BCUT2D eigenvalue weighted by atomic mass is 10.1. The van der Waals surface area contributed by atoms with Gasteiger partial charge >= 0.3 is 0 Å². The lowest BCUT2D eigenvalue weighted by molar-refractivity contribution is 0.310. The Kier molecular flexibility index (Phi) is 6.69. The van der Waals surface area contributed by atoms with Gasteiger partial charge in [-0.1, -0.05) is 18.2 Å². The van der Waals surface area contributed by atoms with Gasteiger partial charge in [0.25, 0.3) is 0 Å². The molecule has 0 aliphatic rings. The third-order valence-electron chi connectivity index (χ3n) is 3.83. The third-order valence-corrected chi connectivity index (χ3v) is 3.83. The number of aliphatic imine (C=N–C) groups is 1. The highest BCUT2D eigenvalue weighted by Gasteiger charge is 2.15. The van der Waals surface area contributed by atoms with Gasteiger partial charge in [0.1, 0.15) is 0 Å². The summed E-state index contributed by atoms with van der Waals surface area (Å²) < 4.78 is 21.9. The highest BCUT2D eigenvalue weighted by atomic mass is 16.5. The maximum Gasteiger partial charge on any atom is 0.169 e. The van der Waals surface area contributed by atoms with Gasteiger partial charge in [-0.05, 0) is 32.0 Å². The lowest BCUT2D eigenvalue weighted by Crippen LogP contribution is -2.00.